The van der Waals surface area contributed by atoms with Gasteiger partial charge in [0.25, 0.3) is 0 Å². The zero-order valence-corrected chi connectivity index (χ0v) is 10.4. The Balaban J connectivity index is 2.03. The monoisotopic (exact) mass is 272 g/mol. The molecule has 4 N–H and O–H groups in total. The topological polar surface area (TPSA) is 90.2 Å². The van der Waals surface area contributed by atoms with Gasteiger partial charge in [0, 0.05) is 4.90 Å². The number of ether oxygens (including phenoxy) is 1. The van der Waals surface area contributed by atoms with Crippen LogP contribution in [-0.2, 0) is 4.74 Å². The summed E-state index contributed by atoms with van der Waals surface area (Å²) in [6.45, 7) is -0.517. The second-order valence-electron chi connectivity index (χ2n) is 4.13. The van der Waals surface area contributed by atoms with Gasteiger partial charge in [0.15, 0.2) is 0 Å². The molecule has 2 rings (SSSR count). The van der Waals surface area contributed by atoms with Crippen molar-refractivity contribution in [1.82, 2.24) is 0 Å². The summed E-state index contributed by atoms with van der Waals surface area (Å²) in [7, 11) is 0. The minimum atomic E-state index is -1.20. The lowest BCUT2D eigenvalue weighted by atomic mass is 10.1. The van der Waals surface area contributed by atoms with Crippen LogP contribution in [0.25, 0.3) is 0 Å². The fraction of sp³-hybridized carbons (Fsp3) is 0.500. The van der Waals surface area contributed by atoms with E-state index in [4.69, 9.17) is 9.84 Å². The predicted molar refractivity (Wildman–Crippen MR) is 66.1 cm³/mol. The highest BCUT2D eigenvalue weighted by Crippen LogP contribution is 2.35. The first kappa shape index (κ1) is 13.8. The molecule has 0 bridgehead atoms. The molecule has 5 nitrogen and oxygen atoms in total. The van der Waals surface area contributed by atoms with Gasteiger partial charge >= 0.3 is 0 Å². The second-order valence-corrected chi connectivity index (χ2v) is 5.30. The van der Waals surface area contributed by atoms with Crippen molar-refractivity contribution in [3.8, 4) is 0 Å². The summed E-state index contributed by atoms with van der Waals surface area (Å²) in [6, 6.07) is 9.33. The Kier molecular flexibility index (Phi) is 4.60. The molecule has 100 valence electrons. The summed E-state index contributed by atoms with van der Waals surface area (Å²) < 4.78 is 5.40. The van der Waals surface area contributed by atoms with Gasteiger partial charge < -0.3 is 25.2 Å². The number of hydrogen-bond donors (Lipinski definition) is 4. The van der Waals surface area contributed by atoms with E-state index in [1.165, 1.54) is 11.8 Å². The number of hydrogen-bond acceptors (Lipinski definition) is 6. The summed E-state index contributed by atoms with van der Waals surface area (Å²) in [4.78, 5) is 0.896. The van der Waals surface area contributed by atoms with Crippen LogP contribution >= 0.6 is 11.8 Å². The van der Waals surface area contributed by atoms with E-state index in [2.05, 4.69) is 0 Å². The Morgan fingerprint density at radius 1 is 1.17 bits per heavy atom. The van der Waals surface area contributed by atoms with E-state index >= 15 is 0 Å². The van der Waals surface area contributed by atoms with E-state index in [0.29, 0.717) is 0 Å². The van der Waals surface area contributed by atoms with Crippen molar-refractivity contribution < 1.29 is 25.2 Å². The fourth-order valence-corrected chi connectivity index (χ4v) is 2.89. The van der Waals surface area contributed by atoms with Crippen molar-refractivity contribution in [3.63, 3.8) is 0 Å². The van der Waals surface area contributed by atoms with Crippen molar-refractivity contribution in [2.75, 3.05) is 6.61 Å². The summed E-state index contributed by atoms with van der Waals surface area (Å²) in [5.74, 6) is 0. The lowest BCUT2D eigenvalue weighted by Crippen LogP contribution is -2.40. The number of thioether (sulfide) groups is 1. The van der Waals surface area contributed by atoms with Crippen LogP contribution in [0.15, 0.2) is 35.2 Å². The average molecular weight is 272 g/mol. The molecule has 1 aliphatic rings. The SMILES string of the molecule is OCC(O)[C@H]1O[C@@H](Sc2ccccc2)C(O)[C@@H]1O. The maximum absolute atomic E-state index is 9.85. The Bertz CT molecular complexity index is 374. The molecule has 0 aromatic heterocycles. The van der Waals surface area contributed by atoms with Crippen LogP contribution < -0.4 is 0 Å². The minimum absolute atomic E-state index is 0.517. The molecule has 0 amide bonds. The van der Waals surface area contributed by atoms with E-state index < -0.39 is 36.5 Å². The first-order valence-electron chi connectivity index (χ1n) is 5.65. The molecule has 0 spiro atoms. The Morgan fingerprint density at radius 2 is 1.83 bits per heavy atom. The third-order valence-corrected chi connectivity index (χ3v) is 3.98. The number of rotatable bonds is 4. The lowest BCUT2D eigenvalue weighted by Gasteiger charge is -2.18. The summed E-state index contributed by atoms with van der Waals surface area (Å²) in [6.07, 6.45) is -4.46. The lowest BCUT2D eigenvalue weighted by molar-refractivity contribution is -0.0713. The van der Waals surface area contributed by atoms with Gasteiger partial charge in [-0.3, -0.25) is 0 Å². The molecular weight excluding hydrogens is 256 g/mol. The molecule has 1 aromatic carbocycles. The summed E-state index contributed by atoms with van der Waals surface area (Å²) in [5, 5.41) is 37.9. The van der Waals surface area contributed by atoms with Gasteiger partial charge in [-0.05, 0) is 12.1 Å². The first-order valence-corrected chi connectivity index (χ1v) is 6.53. The highest BCUT2D eigenvalue weighted by molar-refractivity contribution is 7.99. The Morgan fingerprint density at radius 3 is 2.44 bits per heavy atom. The maximum Gasteiger partial charge on any atom is 0.136 e. The Labute approximate surface area is 109 Å². The number of aliphatic hydroxyl groups excluding tert-OH is 4. The van der Waals surface area contributed by atoms with E-state index in [1.807, 2.05) is 30.3 Å². The molecule has 6 heteroatoms. The van der Waals surface area contributed by atoms with Gasteiger partial charge in [-0.25, -0.2) is 0 Å². The smallest absolute Gasteiger partial charge is 0.136 e. The molecule has 1 aromatic rings. The maximum atomic E-state index is 9.85. The van der Waals surface area contributed by atoms with Crippen molar-refractivity contribution in [1.29, 1.82) is 0 Å². The van der Waals surface area contributed by atoms with Gasteiger partial charge in [0.2, 0.25) is 0 Å². The molecule has 1 fully saturated rings. The highest BCUT2D eigenvalue weighted by Gasteiger charge is 2.46. The van der Waals surface area contributed by atoms with Crippen molar-refractivity contribution >= 4 is 11.8 Å². The number of aliphatic hydroxyl groups is 4. The molecule has 5 atom stereocenters. The van der Waals surface area contributed by atoms with Gasteiger partial charge in [-0.15, -0.1) is 0 Å². The summed E-state index contributed by atoms with van der Waals surface area (Å²) in [5.41, 5.74) is -0.659. The molecular formula is C12H16O5S. The van der Waals surface area contributed by atoms with Gasteiger partial charge in [-0.2, -0.15) is 0 Å². The molecule has 2 unspecified atom stereocenters. The molecule has 0 aliphatic carbocycles. The average Bonchev–Trinajstić information content (AvgIpc) is 2.67. The van der Waals surface area contributed by atoms with E-state index in [1.54, 1.807) is 0 Å². The molecule has 0 saturated carbocycles. The molecule has 1 aliphatic heterocycles. The molecule has 0 radical (unpaired) electrons. The van der Waals surface area contributed by atoms with Crippen LogP contribution in [0.2, 0.25) is 0 Å². The van der Waals surface area contributed by atoms with Gasteiger partial charge in [0.05, 0.1) is 6.61 Å². The van der Waals surface area contributed by atoms with Gasteiger partial charge in [-0.1, -0.05) is 30.0 Å². The third-order valence-electron chi connectivity index (χ3n) is 2.82. The van der Waals surface area contributed by atoms with Crippen LogP contribution in [0.4, 0.5) is 0 Å². The molecule has 1 saturated heterocycles. The van der Waals surface area contributed by atoms with Crippen LogP contribution in [0.5, 0.6) is 0 Å². The molecule has 18 heavy (non-hydrogen) atoms. The first-order chi connectivity index (χ1) is 8.63. The van der Waals surface area contributed by atoms with Crippen molar-refractivity contribution in [3.05, 3.63) is 30.3 Å². The zero-order chi connectivity index (χ0) is 13.1. The quantitative estimate of drug-likeness (QED) is 0.595. The summed E-state index contributed by atoms with van der Waals surface area (Å²) >= 11 is 1.27. The van der Waals surface area contributed by atoms with Crippen molar-refractivity contribution in [2.45, 2.75) is 34.7 Å². The third kappa shape index (κ3) is 2.85. The Hall–Kier alpha value is -0.630. The van der Waals surface area contributed by atoms with Crippen LogP contribution in [0.1, 0.15) is 0 Å². The minimum Gasteiger partial charge on any atom is -0.394 e. The predicted octanol–water partition coefficient (Wildman–Crippen LogP) is -0.421. The second kappa shape index (κ2) is 6.01. The van der Waals surface area contributed by atoms with Crippen LogP contribution in [-0.4, -0.2) is 56.9 Å². The standard InChI is InChI=1S/C12H16O5S/c13-6-8(14)11-9(15)10(16)12(17-11)18-7-4-2-1-3-5-7/h1-5,8-16H,6H2/t8?,9-,10?,11+,12-/m0/s1. The number of benzene rings is 1. The largest absolute Gasteiger partial charge is 0.394 e. The zero-order valence-electron chi connectivity index (χ0n) is 9.59. The van der Waals surface area contributed by atoms with E-state index in [-0.39, 0.29) is 0 Å². The van der Waals surface area contributed by atoms with Gasteiger partial charge in [0.1, 0.15) is 29.9 Å². The van der Waals surface area contributed by atoms with Crippen LogP contribution in [0, 0.1) is 0 Å². The fourth-order valence-electron chi connectivity index (χ4n) is 1.82. The van der Waals surface area contributed by atoms with E-state index in [0.717, 1.165) is 4.90 Å². The van der Waals surface area contributed by atoms with Crippen molar-refractivity contribution in [2.24, 2.45) is 0 Å². The normalized spacial score (nSPS) is 33.6. The highest BCUT2D eigenvalue weighted by atomic mass is 32.2. The molecule has 1 heterocycles. The van der Waals surface area contributed by atoms with E-state index in [9.17, 15) is 15.3 Å². The van der Waals surface area contributed by atoms with Crippen LogP contribution in [0.3, 0.4) is 0 Å².